The Balaban J connectivity index is 2.05. The van der Waals surface area contributed by atoms with Gasteiger partial charge < -0.3 is 5.32 Å². The van der Waals surface area contributed by atoms with Crippen molar-refractivity contribution in [3.05, 3.63) is 29.8 Å². The molecule has 0 aliphatic carbocycles. The number of hydrogen-bond acceptors (Lipinski definition) is 2. The third kappa shape index (κ3) is 2.20. The molecule has 2 nitrogen and oxygen atoms in total. The molecule has 1 unspecified atom stereocenters. The van der Waals surface area contributed by atoms with Crippen LogP contribution in [0.3, 0.4) is 0 Å². The molecule has 84 valence electrons. The molecule has 0 fully saturated rings. The number of nitrogens with one attached hydrogen (secondary N) is 1. The average Bonchev–Trinajstić information content (AvgIpc) is 2.72. The summed E-state index contributed by atoms with van der Waals surface area (Å²) >= 11 is 0. The van der Waals surface area contributed by atoms with Gasteiger partial charge in [-0.1, -0.05) is 31.0 Å². The zero-order chi connectivity index (χ0) is 11.4. The topological polar surface area (TPSA) is 15.3 Å². The van der Waals surface area contributed by atoms with Crippen LogP contribution >= 0.6 is 0 Å². The first-order valence-corrected chi connectivity index (χ1v) is 5.83. The van der Waals surface area contributed by atoms with E-state index in [4.69, 9.17) is 6.42 Å². The zero-order valence-corrected chi connectivity index (χ0v) is 9.74. The molecule has 0 spiro atoms. The van der Waals surface area contributed by atoms with Gasteiger partial charge in [-0.05, 0) is 18.2 Å². The summed E-state index contributed by atoms with van der Waals surface area (Å²) in [5, 5.41) is 3.44. The zero-order valence-electron chi connectivity index (χ0n) is 9.74. The van der Waals surface area contributed by atoms with Gasteiger partial charge in [0.25, 0.3) is 0 Å². The second-order valence-electron chi connectivity index (χ2n) is 4.20. The lowest BCUT2D eigenvalue weighted by Gasteiger charge is -2.21. The standard InChI is InChI=1S/C14H18N2/c1-3-9-16(4-2)11-12-10-15-14-8-6-5-7-13(12)14/h1,5-8,12,15H,4,9-11H2,2H3. The lowest BCUT2D eigenvalue weighted by molar-refractivity contribution is 0.307. The van der Waals surface area contributed by atoms with Crippen LogP contribution in [0.1, 0.15) is 18.4 Å². The third-order valence-corrected chi connectivity index (χ3v) is 3.18. The van der Waals surface area contributed by atoms with Crippen molar-refractivity contribution in [1.29, 1.82) is 0 Å². The van der Waals surface area contributed by atoms with Crippen molar-refractivity contribution in [2.75, 3.05) is 31.5 Å². The quantitative estimate of drug-likeness (QED) is 0.773. The summed E-state index contributed by atoms with van der Waals surface area (Å²) in [7, 11) is 0. The fraction of sp³-hybridized carbons (Fsp3) is 0.429. The van der Waals surface area contributed by atoms with Gasteiger partial charge in [-0.15, -0.1) is 6.42 Å². The molecule has 0 saturated heterocycles. The normalized spacial score (nSPS) is 17.9. The van der Waals surface area contributed by atoms with Gasteiger partial charge in [-0.2, -0.15) is 0 Å². The van der Waals surface area contributed by atoms with Crippen LogP contribution in [0.15, 0.2) is 24.3 Å². The van der Waals surface area contributed by atoms with E-state index in [1.165, 1.54) is 11.3 Å². The summed E-state index contributed by atoms with van der Waals surface area (Å²) in [6, 6.07) is 8.54. The molecular weight excluding hydrogens is 196 g/mol. The molecule has 0 amide bonds. The molecule has 1 aliphatic rings. The minimum Gasteiger partial charge on any atom is -0.384 e. The largest absolute Gasteiger partial charge is 0.384 e. The summed E-state index contributed by atoms with van der Waals surface area (Å²) in [6.07, 6.45) is 5.37. The van der Waals surface area contributed by atoms with Crippen LogP contribution in [0.5, 0.6) is 0 Å². The molecule has 16 heavy (non-hydrogen) atoms. The first-order chi connectivity index (χ1) is 7.85. The van der Waals surface area contributed by atoms with Crippen LogP contribution in [0.4, 0.5) is 5.69 Å². The molecule has 1 aromatic carbocycles. The highest BCUT2D eigenvalue weighted by atomic mass is 15.1. The van der Waals surface area contributed by atoms with E-state index in [-0.39, 0.29) is 0 Å². The van der Waals surface area contributed by atoms with Crippen molar-refractivity contribution in [2.45, 2.75) is 12.8 Å². The summed E-state index contributed by atoms with van der Waals surface area (Å²) in [5.41, 5.74) is 2.71. The number of hydrogen-bond donors (Lipinski definition) is 1. The van der Waals surface area contributed by atoms with Crippen molar-refractivity contribution >= 4 is 5.69 Å². The van der Waals surface area contributed by atoms with Gasteiger partial charge in [-0.3, -0.25) is 4.90 Å². The first kappa shape index (κ1) is 11.0. The molecule has 0 aromatic heterocycles. The predicted octanol–water partition coefficient (Wildman–Crippen LogP) is 2.15. The lowest BCUT2D eigenvalue weighted by Crippen LogP contribution is -2.29. The number of anilines is 1. The molecule has 2 rings (SSSR count). The van der Waals surface area contributed by atoms with Crippen LogP contribution in [-0.4, -0.2) is 31.1 Å². The molecule has 1 N–H and O–H groups in total. The average molecular weight is 214 g/mol. The van der Waals surface area contributed by atoms with Gasteiger partial charge >= 0.3 is 0 Å². The second-order valence-corrected chi connectivity index (χ2v) is 4.20. The van der Waals surface area contributed by atoms with Gasteiger partial charge in [0.2, 0.25) is 0 Å². The molecule has 2 heteroatoms. The second kappa shape index (κ2) is 5.05. The predicted molar refractivity (Wildman–Crippen MR) is 68.6 cm³/mol. The Morgan fingerprint density at radius 1 is 1.50 bits per heavy atom. The minimum absolute atomic E-state index is 0.574. The van der Waals surface area contributed by atoms with Gasteiger partial charge in [0.05, 0.1) is 6.54 Å². The maximum atomic E-state index is 5.37. The van der Waals surface area contributed by atoms with Crippen LogP contribution in [0.25, 0.3) is 0 Å². The van der Waals surface area contributed by atoms with E-state index in [0.29, 0.717) is 5.92 Å². The van der Waals surface area contributed by atoms with Gasteiger partial charge in [0.1, 0.15) is 0 Å². The number of terminal acetylenes is 1. The van der Waals surface area contributed by atoms with E-state index < -0.39 is 0 Å². The Morgan fingerprint density at radius 3 is 3.06 bits per heavy atom. The minimum atomic E-state index is 0.574. The van der Waals surface area contributed by atoms with E-state index in [1.54, 1.807) is 0 Å². The summed E-state index contributed by atoms with van der Waals surface area (Å²) in [5.74, 6) is 3.30. The number of para-hydroxylation sites is 1. The Morgan fingerprint density at radius 2 is 2.31 bits per heavy atom. The van der Waals surface area contributed by atoms with E-state index >= 15 is 0 Å². The Bertz CT molecular complexity index is 392. The van der Waals surface area contributed by atoms with Crippen molar-refractivity contribution in [1.82, 2.24) is 4.90 Å². The SMILES string of the molecule is C#CCN(CC)CC1CNc2ccccc21. The highest BCUT2D eigenvalue weighted by Crippen LogP contribution is 2.31. The molecule has 0 radical (unpaired) electrons. The van der Waals surface area contributed by atoms with Gasteiger partial charge in [0.15, 0.2) is 0 Å². The highest BCUT2D eigenvalue weighted by molar-refractivity contribution is 5.57. The molecule has 1 aromatic rings. The molecule has 0 bridgehead atoms. The fourth-order valence-corrected chi connectivity index (χ4v) is 2.27. The molecule has 1 heterocycles. The summed E-state index contributed by atoms with van der Waals surface area (Å²) in [6.45, 7) is 5.99. The van der Waals surface area contributed by atoms with Gasteiger partial charge in [0, 0.05) is 24.7 Å². The molecule has 1 atom stereocenters. The number of likely N-dealkylation sites (N-methyl/N-ethyl adjacent to an activating group) is 1. The monoisotopic (exact) mass is 214 g/mol. The number of nitrogens with zero attached hydrogens (tertiary/aromatic N) is 1. The van der Waals surface area contributed by atoms with E-state index in [2.05, 4.69) is 47.3 Å². The van der Waals surface area contributed by atoms with Crippen molar-refractivity contribution < 1.29 is 0 Å². The summed E-state index contributed by atoms with van der Waals surface area (Å²) < 4.78 is 0. The van der Waals surface area contributed by atoms with E-state index in [9.17, 15) is 0 Å². The van der Waals surface area contributed by atoms with E-state index in [1.807, 2.05) is 0 Å². The number of fused-ring (bicyclic) bond motifs is 1. The van der Waals surface area contributed by atoms with Crippen LogP contribution < -0.4 is 5.32 Å². The highest BCUT2D eigenvalue weighted by Gasteiger charge is 2.22. The van der Waals surface area contributed by atoms with Crippen molar-refractivity contribution in [2.24, 2.45) is 0 Å². The third-order valence-electron chi connectivity index (χ3n) is 3.18. The Hall–Kier alpha value is -1.46. The van der Waals surface area contributed by atoms with E-state index in [0.717, 1.165) is 26.2 Å². The maximum absolute atomic E-state index is 5.37. The van der Waals surface area contributed by atoms with Gasteiger partial charge in [-0.25, -0.2) is 0 Å². The van der Waals surface area contributed by atoms with Crippen LogP contribution in [0, 0.1) is 12.3 Å². The Labute approximate surface area is 97.7 Å². The molecular formula is C14H18N2. The maximum Gasteiger partial charge on any atom is 0.0599 e. The Kier molecular flexibility index (Phi) is 3.48. The van der Waals surface area contributed by atoms with Crippen molar-refractivity contribution in [3.8, 4) is 12.3 Å². The lowest BCUT2D eigenvalue weighted by atomic mass is 10.0. The summed E-state index contributed by atoms with van der Waals surface area (Å²) in [4.78, 5) is 2.31. The molecule has 0 saturated carbocycles. The first-order valence-electron chi connectivity index (χ1n) is 5.83. The molecule has 1 aliphatic heterocycles. The smallest absolute Gasteiger partial charge is 0.0599 e. The fourth-order valence-electron chi connectivity index (χ4n) is 2.27. The number of benzene rings is 1. The van der Waals surface area contributed by atoms with Crippen molar-refractivity contribution in [3.63, 3.8) is 0 Å². The van der Waals surface area contributed by atoms with Crippen LogP contribution in [-0.2, 0) is 0 Å². The van der Waals surface area contributed by atoms with Crippen LogP contribution in [0.2, 0.25) is 0 Å². The number of rotatable bonds is 4.